The maximum Gasteiger partial charge on any atom is 0.239 e. The fourth-order valence-corrected chi connectivity index (χ4v) is 5.37. The van der Waals surface area contributed by atoms with Crippen LogP contribution in [0.1, 0.15) is 16.7 Å². The lowest BCUT2D eigenvalue weighted by atomic mass is 10.2. The molecule has 0 aliphatic heterocycles. The van der Waals surface area contributed by atoms with Crippen molar-refractivity contribution in [3.8, 4) is 0 Å². The van der Waals surface area contributed by atoms with Gasteiger partial charge in [0.05, 0.1) is 21.4 Å². The molecule has 0 aliphatic rings. The Hall–Kier alpha value is -2.54. The molecule has 5 nitrogen and oxygen atoms in total. The van der Waals surface area contributed by atoms with E-state index in [4.69, 9.17) is 23.2 Å². The van der Waals surface area contributed by atoms with Crippen LogP contribution in [-0.2, 0) is 21.2 Å². The summed E-state index contributed by atoms with van der Waals surface area (Å²) in [7, 11) is -3.82. The number of halogens is 2. The number of aryl methyl sites for hydroxylation is 1. The first-order chi connectivity index (χ1) is 14.7. The van der Waals surface area contributed by atoms with E-state index in [-0.39, 0.29) is 27.3 Å². The van der Waals surface area contributed by atoms with Gasteiger partial charge < -0.3 is 10.6 Å². The van der Waals surface area contributed by atoms with E-state index in [0.29, 0.717) is 22.8 Å². The third-order valence-corrected chi connectivity index (χ3v) is 7.58. The van der Waals surface area contributed by atoms with Gasteiger partial charge in [-0.1, -0.05) is 59.1 Å². The van der Waals surface area contributed by atoms with Crippen LogP contribution in [0.25, 0.3) is 0 Å². The minimum atomic E-state index is -3.82. The summed E-state index contributed by atoms with van der Waals surface area (Å²) in [5.41, 5.74) is 2.74. The minimum Gasteiger partial charge on any atom is -0.376 e. The lowest BCUT2D eigenvalue weighted by Crippen LogP contribution is -2.29. The number of nitrogens with one attached hydrogen (secondary N) is 2. The van der Waals surface area contributed by atoms with Gasteiger partial charge in [0.25, 0.3) is 0 Å². The molecule has 1 amide bonds. The third-order valence-electron chi connectivity index (χ3n) is 4.83. The van der Waals surface area contributed by atoms with Gasteiger partial charge in [0, 0.05) is 17.3 Å². The molecule has 0 aromatic heterocycles. The second kappa shape index (κ2) is 9.73. The fraction of sp³-hybridized carbons (Fsp3) is 0.174. The van der Waals surface area contributed by atoms with Crippen molar-refractivity contribution >= 4 is 44.6 Å². The van der Waals surface area contributed by atoms with Gasteiger partial charge in [-0.2, -0.15) is 0 Å². The summed E-state index contributed by atoms with van der Waals surface area (Å²) in [6, 6.07) is 17.0. The maximum absolute atomic E-state index is 13.2. The Bertz CT molecular complexity index is 1210. The van der Waals surface area contributed by atoms with Crippen LogP contribution in [0.15, 0.2) is 70.5 Å². The zero-order valence-corrected chi connectivity index (χ0v) is 19.4. The van der Waals surface area contributed by atoms with Crippen molar-refractivity contribution in [3.05, 3.63) is 87.4 Å². The minimum absolute atomic E-state index is 0.0273. The zero-order valence-electron chi connectivity index (χ0n) is 17.1. The Labute approximate surface area is 192 Å². The number of rotatable bonds is 7. The number of carbonyl (C=O) groups is 1. The van der Waals surface area contributed by atoms with Crippen LogP contribution in [0.2, 0.25) is 10.0 Å². The van der Waals surface area contributed by atoms with Crippen LogP contribution in [0, 0.1) is 13.8 Å². The molecule has 162 valence electrons. The lowest BCUT2D eigenvalue weighted by Gasteiger charge is -2.16. The monoisotopic (exact) mass is 476 g/mol. The second-order valence-electron chi connectivity index (χ2n) is 7.09. The van der Waals surface area contributed by atoms with Gasteiger partial charge in [-0.15, -0.1) is 0 Å². The highest BCUT2D eigenvalue weighted by molar-refractivity contribution is 7.91. The molecule has 0 bridgehead atoms. The van der Waals surface area contributed by atoms with E-state index in [1.54, 1.807) is 43.3 Å². The molecule has 3 aromatic carbocycles. The Kier molecular flexibility index (Phi) is 7.26. The first-order valence-corrected chi connectivity index (χ1v) is 11.8. The number of hydrogen-bond donors (Lipinski definition) is 2. The molecule has 8 heteroatoms. The summed E-state index contributed by atoms with van der Waals surface area (Å²) >= 11 is 12.4. The van der Waals surface area contributed by atoms with Gasteiger partial charge in [-0.3, -0.25) is 4.79 Å². The van der Waals surface area contributed by atoms with E-state index in [0.717, 1.165) is 11.1 Å². The summed E-state index contributed by atoms with van der Waals surface area (Å²) in [5, 5.41) is 6.49. The predicted molar refractivity (Wildman–Crippen MR) is 125 cm³/mol. The molecule has 0 unspecified atom stereocenters. The number of hydrogen-bond acceptors (Lipinski definition) is 4. The van der Waals surface area contributed by atoms with Crippen molar-refractivity contribution in [2.24, 2.45) is 0 Å². The highest BCUT2D eigenvalue weighted by atomic mass is 35.5. The summed E-state index contributed by atoms with van der Waals surface area (Å²) in [5.74, 6) is -0.253. The van der Waals surface area contributed by atoms with Crippen LogP contribution < -0.4 is 10.6 Å². The van der Waals surface area contributed by atoms with E-state index in [9.17, 15) is 13.2 Å². The van der Waals surface area contributed by atoms with Crippen molar-refractivity contribution < 1.29 is 13.2 Å². The highest BCUT2D eigenvalue weighted by Gasteiger charge is 2.24. The summed E-state index contributed by atoms with van der Waals surface area (Å²) in [6.45, 7) is 3.82. The molecule has 2 N–H and O–H groups in total. The molecule has 0 spiro atoms. The number of anilines is 1. The summed E-state index contributed by atoms with van der Waals surface area (Å²) in [4.78, 5) is 12.4. The molecule has 3 rings (SSSR count). The van der Waals surface area contributed by atoms with Crippen LogP contribution in [0.4, 0.5) is 5.69 Å². The van der Waals surface area contributed by atoms with Crippen molar-refractivity contribution in [1.82, 2.24) is 5.32 Å². The number of benzene rings is 3. The van der Waals surface area contributed by atoms with Gasteiger partial charge in [-0.05, 0) is 55.3 Å². The summed E-state index contributed by atoms with van der Waals surface area (Å²) in [6.07, 6.45) is 0. The SMILES string of the molecule is Cc1ccc(S(=O)(=O)c2c(Cl)ccc(NCC(=O)NCc3ccccc3Cl)c2C)cc1. The van der Waals surface area contributed by atoms with E-state index < -0.39 is 9.84 Å². The van der Waals surface area contributed by atoms with E-state index >= 15 is 0 Å². The molecule has 31 heavy (non-hydrogen) atoms. The van der Waals surface area contributed by atoms with Gasteiger partial charge in [0.2, 0.25) is 15.7 Å². The molecule has 0 aliphatic carbocycles. The van der Waals surface area contributed by atoms with E-state index in [2.05, 4.69) is 10.6 Å². The zero-order chi connectivity index (χ0) is 22.6. The second-order valence-corrected chi connectivity index (χ2v) is 9.79. The van der Waals surface area contributed by atoms with Gasteiger partial charge >= 0.3 is 0 Å². The number of carbonyl (C=O) groups excluding carboxylic acids is 1. The van der Waals surface area contributed by atoms with Gasteiger partial charge in [0.15, 0.2) is 0 Å². The van der Waals surface area contributed by atoms with Crippen molar-refractivity contribution in [3.63, 3.8) is 0 Å². The van der Waals surface area contributed by atoms with Gasteiger partial charge in [0.1, 0.15) is 0 Å². The molecular formula is C23H22Cl2N2O3S. The average molecular weight is 477 g/mol. The fourth-order valence-electron chi connectivity index (χ4n) is 3.09. The van der Waals surface area contributed by atoms with Gasteiger partial charge in [-0.25, -0.2) is 8.42 Å². The lowest BCUT2D eigenvalue weighted by molar-refractivity contribution is -0.119. The quantitative estimate of drug-likeness (QED) is 0.492. The topological polar surface area (TPSA) is 75.3 Å². The normalized spacial score (nSPS) is 11.2. The molecule has 0 atom stereocenters. The molecule has 0 saturated carbocycles. The molecule has 0 radical (unpaired) electrons. The standard InChI is InChI=1S/C23H22Cl2N2O3S/c1-15-7-9-18(10-8-15)31(29,30)23-16(2)21(12-11-20(23)25)26-14-22(28)27-13-17-5-3-4-6-19(17)24/h3-12,26H,13-14H2,1-2H3,(H,27,28). The van der Waals surface area contributed by atoms with E-state index in [1.807, 2.05) is 25.1 Å². The Morgan fingerprint density at radius 3 is 2.26 bits per heavy atom. The average Bonchev–Trinajstić information content (AvgIpc) is 2.73. The van der Waals surface area contributed by atoms with Crippen molar-refractivity contribution in [2.45, 2.75) is 30.2 Å². The van der Waals surface area contributed by atoms with Crippen LogP contribution in [0.5, 0.6) is 0 Å². The van der Waals surface area contributed by atoms with Crippen LogP contribution in [0.3, 0.4) is 0 Å². The molecule has 0 saturated heterocycles. The Balaban J connectivity index is 1.75. The largest absolute Gasteiger partial charge is 0.376 e. The van der Waals surface area contributed by atoms with Crippen molar-refractivity contribution in [1.29, 1.82) is 0 Å². The van der Waals surface area contributed by atoms with E-state index in [1.165, 1.54) is 6.07 Å². The smallest absolute Gasteiger partial charge is 0.239 e. The molecule has 3 aromatic rings. The van der Waals surface area contributed by atoms with Crippen LogP contribution in [-0.4, -0.2) is 20.9 Å². The molecule has 0 fully saturated rings. The van der Waals surface area contributed by atoms with Crippen molar-refractivity contribution in [2.75, 3.05) is 11.9 Å². The Morgan fingerprint density at radius 1 is 0.903 bits per heavy atom. The van der Waals surface area contributed by atoms with Crippen LogP contribution >= 0.6 is 23.2 Å². The maximum atomic E-state index is 13.2. The predicted octanol–water partition coefficient (Wildman–Crippen LogP) is 5.17. The first-order valence-electron chi connectivity index (χ1n) is 9.55. The highest BCUT2D eigenvalue weighted by Crippen LogP contribution is 2.34. The molecule has 0 heterocycles. The number of amides is 1. The Morgan fingerprint density at radius 2 is 1.58 bits per heavy atom. The third kappa shape index (κ3) is 5.39. The molecular weight excluding hydrogens is 455 g/mol. The summed E-state index contributed by atoms with van der Waals surface area (Å²) < 4.78 is 26.3. The first kappa shape index (κ1) is 23.1. The number of sulfone groups is 1.